The van der Waals surface area contributed by atoms with Crippen LogP contribution in [0.25, 0.3) is 33.1 Å². The molecule has 3 aromatic carbocycles. The van der Waals surface area contributed by atoms with Crippen LogP contribution in [0.1, 0.15) is 16.1 Å². The van der Waals surface area contributed by atoms with Crippen molar-refractivity contribution in [1.29, 1.82) is 0 Å². The molecular weight excluding hydrogens is 414 g/mol. The molecule has 0 unspecified atom stereocenters. The third-order valence-electron chi connectivity index (χ3n) is 5.69. The fourth-order valence-corrected chi connectivity index (χ4v) is 4.02. The minimum absolute atomic E-state index is 0.242. The van der Waals surface area contributed by atoms with Crippen molar-refractivity contribution < 1.29 is 14.3 Å². The summed E-state index contributed by atoms with van der Waals surface area (Å²) in [6.45, 7) is 0.422. The van der Waals surface area contributed by atoms with Crippen LogP contribution < -0.4 is 14.8 Å². The largest absolute Gasteiger partial charge is 0.497 e. The number of H-pyrrole nitrogens is 1. The molecule has 0 aliphatic carbocycles. The van der Waals surface area contributed by atoms with Gasteiger partial charge in [0.2, 0.25) is 0 Å². The van der Waals surface area contributed by atoms with Crippen molar-refractivity contribution in [2.24, 2.45) is 0 Å². The van der Waals surface area contributed by atoms with Gasteiger partial charge in [0, 0.05) is 28.4 Å². The third kappa shape index (κ3) is 3.87. The molecule has 0 saturated heterocycles. The van der Waals surface area contributed by atoms with Crippen molar-refractivity contribution in [2.75, 3.05) is 14.2 Å². The second-order valence-electron chi connectivity index (χ2n) is 7.68. The molecular formula is C27H23N3O3. The number of benzene rings is 3. The van der Waals surface area contributed by atoms with Gasteiger partial charge in [0.15, 0.2) is 0 Å². The summed E-state index contributed by atoms with van der Waals surface area (Å²) in [7, 11) is 3.23. The van der Waals surface area contributed by atoms with E-state index >= 15 is 0 Å². The third-order valence-corrected chi connectivity index (χ3v) is 5.69. The molecule has 0 spiro atoms. The van der Waals surface area contributed by atoms with Crippen LogP contribution in [0.4, 0.5) is 0 Å². The number of fused-ring (bicyclic) bond motifs is 3. The molecule has 2 heterocycles. The first-order valence-electron chi connectivity index (χ1n) is 10.6. The van der Waals surface area contributed by atoms with Crippen molar-refractivity contribution in [1.82, 2.24) is 15.3 Å². The number of hydrogen-bond acceptors (Lipinski definition) is 4. The molecule has 2 aromatic heterocycles. The SMILES string of the molecule is COc1ccc(OC)c(-c2nc(C(=O)NCc3ccccc3)cc3c2[nH]c2ccccc23)c1. The van der Waals surface area contributed by atoms with Gasteiger partial charge in [-0.1, -0.05) is 48.5 Å². The summed E-state index contributed by atoms with van der Waals surface area (Å²) < 4.78 is 11.1. The maximum atomic E-state index is 13.1. The van der Waals surface area contributed by atoms with Gasteiger partial charge in [-0.15, -0.1) is 0 Å². The average Bonchev–Trinajstić information content (AvgIpc) is 3.25. The molecule has 33 heavy (non-hydrogen) atoms. The Morgan fingerprint density at radius 2 is 1.70 bits per heavy atom. The lowest BCUT2D eigenvalue weighted by molar-refractivity contribution is 0.0946. The zero-order valence-corrected chi connectivity index (χ0v) is 18.4. The number of rotatable bonds is 6. The Morgan fingerprint density at radius 1 is 0.909 bits per heavy atom. The Kier molecular flexibility index (Phi) is 5.40. The highest BCUT2D eigenvalue weighted by molar-refractivity contribution is 6.13. The zero-order valence-electron chi connectivity index (χ0n) is 18.4. The van der Waals surface area contributed by atoms with E-state index in [4.69, 9.17) is 14.5 Å². The van der Waals surface area contributed by atoms with Gasteiger partial charge in [-0.3, -0.25) is 4.79 Å². The Hall–Kier alpha value is -4.32. The highest BCUT2D eigenvalue weighted by Crippen LogP contribution is 2.38. The lowest BCUT2D eigenvalue weighted by atomic mass is 10.0. The van der Waals surface area contributed by atoms with Crippen molar-refractivity contribution in [3.8, 4) is 22.8 Å². The van der Waals surface area contributed by atoms with Crippen LogP contribution in [0.15, 0.2) is 78.9 Å². The Labute approximate surface area is 191 Å². The number of para-hydroxylation sites is 1. The summed E-state index contributed by atoms with van der Waals surface area (Å²) in [5, 5.41) is 4.93. The lowest BCUT2D eigenvalue weighted by Gasteiger charge is -2.13. The molecule has 0 saturated carbocycles. The molecule has 0 fully saturated rings. The number of aromatic nitrogens is 2. The number of pyridine rings is 1. The standard InChI is InChI=1S/C27H23N3O3/c1-32-18-12-13-24(33-2)21(14-18)26-25-20(19-10-6-7-11-22(19)29-25)15-23(30-26)27(31)28-16-17-8-4-3-5-9-17/h3-15,29H,16H2,1-2H3,(H,28,31). The summed E-state index contributed by atoms with van der Waals surface area (Å²) in [5.74, 6) is 1.08. The maximum Gasteiger partial charge on any atom is 0.270 e. The van der Waals surface area contributed by atoms with Gasteiger partial charge < -0.3 is 19.8 Å². The molecule has 6 nitrogen and oxygen atoms in total. The van der Waals surface area contributed by atoms with E-state index in [1.54, 1.807) is 14.2 Å². The topological polar surface area (TPSA) is 76.2 Å². The minimum Gasteiger partial charge on any atom is -0.497 e. The van der Waals surface area contributed by atoms with Crippen molar-refractivity contribution in [3.05, 3.63) is 90.1 Å². The van der Waals surface area contributed by atoms with Gasteiger partial charge in [-0.2, -0.15) is 0 Å². The van der Waals surface area contributed by atoms with Gasteiger partial charge in [0.05, 0.1) is 25.4 Å². The molecule has 5 rings (SSSR count). The number of amides is 1. The fourth-order valence-electron chi connectivity index (χ4n) is 4.02. The van der Waals surface area contributed by atoms with E-state index in [0.29, 0.717) is 29.4 Å². The molecule has 0 aliphatic rings. The number of ether oxygens (including phenoxy) is 2. The second kappa shape index (κ2) is 8.67. The first-order chi connectivity index (χ1) is 16.2. The first kappa shape index (κ1) is 20.6. The second-order valence-corrected chi connectivity index (χ2v) is 7.68. The van der Waals surface area contributed by atoms with E-state index < -0.39 is 0 Å². The number of carbonyl (C=O) groups is 1. The number of aromatic amines is 1. The molecule has 164 valence electrons. The molecule has 0 atom stereocenters. The predicted molar refractivity (Wildman–Crippen MR) is 130 cm³/mol. The van der Waals surface area contributed by atoms with Crippen LogP contribution in [0.2, 0.25) is 0 Å². The number of hydrogen-bond donors (Lipinski definition) is 2. The van der Waals surface area contributed by atoms with Gasteiger partial charge in [0.1, 0.15) is 17.2 Å². The van der Waals surface area contributed by atoms with E-state index in [0.717, 1.165) is 32.9 Å². The number of nitrogens with zero attached hydrogens (tertiary/aromatic N) is 1. The normalized spacial score (nSPS) is 11.0. The van der Waals surface area contributed by atoms with Crippen LogP contribution in [-0.2, 0) is 6.54 Å². The molecule has 5 aromatic rings. The number of nitrogens with one attached hydrogen (secondary N) is 2. The summed E-state index contributed by atoms with van der Waals surface area (Å²) in [6.07, 6.45) is 0. The summed E-state index contributed by atoms with van der Waals surface area (Å²) >= 11 is 0. The maximum absolute atomic E-state index is 13.1. The summed E-state index contributed by atoms with van der Waals surface area (Å²) in [4.78, 5) is 21.4. The molecule has 0 bridgehead atoms. The number of methoxy groups -OCH3 is 2. The van der Waals surface area contributed by atoms with Crippen LogP contribution in [0, 0.1) is 0 Å². The minimum atomic E-state index is -0.242. The summed E-state index contributed by atoms with van der Waals surface area (Å²) in [5.41, 5.74) is 4.54. The number of carbonyl (C=O) groups excluding carboxylic acids is 1. The Balaban J connectivity index is 1.67. The molecule has 6 heteroatoms. The zero-order chi connectivity index (χ0) is 22.8. The van der Waals surface area contributed by atoms with E-state index in [-0.39, 0.29) is 5.91 Å². The predicted octanol–water partition coefficient (Wildman–Crippen LogP) is 5.33. The van der Waals surface area contributed by atoms with Crippen LogP contribution >= 0.6 is 0 Å². The smallest absolute Gasteiger partial charge is 0.270 e. The average molecular weight is 437 g/mol. The van der Waals surface area contributed by atoms with Crippen LogP contribution in [0.3, 0.4) is 0 Å². The van der Waals surface area contributed by atoms with Gasteiger partial charge >= 0.3 is 0 Å². The monoisotopic (exact) mass is 437 g/mol. The van der Waals surface area contributed by atoms with E-state index in [1.807, 2.05) is 78.9 Å². The summed E-state index contributed by atoms with van der Waals surface area (Å²) in [6, 6.07) is 25.2. The first-order valence-corrected chi connectivity index (χ1v) is 10.6. The molecule has 2 N–H and O–H groups in total. The van der Waals surface area contributed by atoms with E-state index in [1.165, 1.54) is 0 Å². The van der Waals surface area contributed by atoms with Gasteiger partial charge in [-0.25, -0.2) is 4.98 Å². The quantitative estimate of drug-likeness (QED) is 0.376. The van der Waals surface area contributed by atoms with Crippen molar-refractivity contribution in [2.45, 2.75) is 6.54 Å². The van der Waals surface area contributed by atoms with Crippen LogP contribution in [-0.4, -0.2) is 30.1 Å². The fraction of sp³-hybridized carbons (Fsp3) is 0.111. The molecule has 0 aliphatic heterocycles. The van der Waals surface area contributed by atoms with Gasteiger partial charge in [-0.05, 0) is 35.9 Å². The Bertz CT molecular complexity index is 1460. The van der Waals surface area contributed by atoms with E-state index in [2.05, 4.69) is 10.3 Å². The van der Waals surface area contributed by atoms with Crippen molar-refractivity contribution >= 4 is 27.7 Å². The van der Waals surface area contributed by atoms with Crippen molar-refractivity contribution in [3.63, 3.8) is 0 Å². The van der Waals surface area contributed by atoms with E-state index in [9.17, 15) is 4.79 Å². The highest BCUT2D eigenvalue weighted by Gasteiger charge is 2.20. The molecule has 0 radical (unpaired) electrons. The van der Waals surface area contributed by atoms with Gasteiger partial charge in [0.25, 0.3) is 5.91 Å². The Morgan fingerprint density at radius 3 is 2.48 bits per heavy atom. The highest BCUT2D eigenvalue weighted by atomic mass is 16.5. The molecule has 1 amide bonds. The lowest BCUT2D eigenvalue weighted by Crippen LogP contribution is -2.24. The van der Waals surface area contributed by atoms with Crippen LogP contribution in [0.5, 0.6) is 11.5 Å².